The van der Waals surface area contributed by atoms with Gasteiger partial charge in [0.1, 0.15) is 12.2 Å². The van der Waals surface area contributed by atoms with Crippen LogP contribution in [0.3, 0.4) is 0 Å². The first kappa shape index (κ1) is 16.2. The van der Waals surface area contributed by atoms with Gasteiger partial charge in [0.15, 0.2) is 12.6 Å². The molecule has 0 saturated carbocycles. The Morgan fingerprint density at radius 3 is 2.68 bits per heavy atom. The van der Waals surface area contributed by atoms with Crippen LogP contribution in [-0.2, 0) is 25.6 Å². The lowest BCUT2D eigenvalue weighted by Gasteiger charge is -2.24. The second-order valence-corrected chi connectivity index (χ2v) is 6.75. The Labute approximate surface area is 136 Å². The first-order valence-electron chi connectivity index (χ1n) is 7.86. The monoisotopic (exact) mass is 326 g/mol. The second-order valence-electron chi connectivity index (χ2n) is 6.34. The van der Waals surface area contributed by atoms with Gasteiger partial charge < -0.3 is 18.9 Å². The van der Waals surface area contributed by atoms with Crippen molar-refractivity contribution in [3.8, 4) is 0 Å². The Kier molecular flexibility index (Phi) is 5.05. The Balaban J connectivity index is 1.68. The van der Waals surface area contributed by atoms with Crippen molar-refractivity contribution in [1.29, 1.82) is 0 Å². The summed E-state index contributed by atoms with van der Waals surface area (Å²) in [5, 5.41) is 0.718. The molecule has 2 aliphatic rings. The van der Waals surface area contributed by atoms with Crippen molar-refractivity contribution in [3.63, 3.8) is 0 Å². The SMILES string of the molecule is CC(C)C[C@H]1O[C@@H]2OC(C)O[C@@H]2[C@H]1OCc1ccccc1Cl. The van der Waals surface area contributed by atoms with E-state index in [0.29, 0.717) is 12.5 Å². The van der Waals surface area contributed by atoms with Gasteiger partial charge in [0.25, 0.3) is 0 Å². The number of hydrogen-bond donors (Lipinski definition) is 0. The normalized spacial score (nSPS) is 34.3. The summed E-state index contributed by atoms with van der Waals surface area (Å²) in [4.78, 5) is 0. The van der Waals surface area contributed by atoms with Crippen LogP contribution >= 0.6 is 11.6 Å². The van der Waals surface area contributed by atoms with Crippen LogP contribution in [0, 0.1) is 5.92 Å². The standard InChI is InChI=1S/C17H23ClO4/c1-10(2)8-14-15(16-17(22-14)21-11(3)20-16)19-9-12-6-4-5-7-13(12)18/h4-7,10-11,14-17H,8-9H2,1-3H3/t11?,14-,15+,16-,17+/m1/s1. The third-order valence-electron chi connectivity index (χ3n) is 4.03. The fraction of sp³-hybridized carbons (Fsp3) is 0.647. The first-order valence-corrected chi connectivity index (χ1v) is 8.23. The highest BCUT2D eigenvalue weighted by Gasteiger charge is 2.51. The fourth-order valence-electron chi connectivity index (χ4n) is 3.04. The third kappa shape index (κ3) is 3.47. The molecule has 5 atom stereocenters. The summed E-state index contributed by atoms with van der Waals surface area (Å²) < 4.78 is 23.6. The van der Waals surface area contributed by atoms with Crippen molar-refractivity contribution in [2.24, 2.45) is 5.92 Å². The van der Waals surface area contributed by atoms with Gasteiger partial charge in [-0.1, -0.05) is 43.6 Å². The topological polar surface area (TPSA) is 36.9 Å². The van der Waals surface area contributed by atoms with Crippen LogP contribution in [-0.4, -0.2) is 30.9 Å². The van der Waals surface area contributed by atoms with E-state index >= 15 is 0 Å². The Hall–Kier alpha value is -0.650. The summed E-state index contributed by atoms with van der Waals surface area (Å²) in [5.74, 6) is 0.521. The minimum absolute atomic E-state index is 0.00927. The lowest BCUT2D eigenvalue weighted by Crippen LogP contribution is -2.35. The lowest BCUT2D eigenvalue weighted by molar-refractivity contribution is -0.170. The molecule has 4 nitrogen and oxygen atoms in total. The van der Waals surface area contributed by atoms with Crippen LogP contribution in [0.2, 0.25) is 5.02 Å². The predicted molar refractivity (Wildman–Crippen MR) is 83.6 cm³/mol. The molecule has 1 unspecified atom stereocenters. The summed E-state index contributed by atoms with van der Waals surface area (Å²) in [6.07, 6.45) is 0.0395. The van der Waals surface area contributed by atoms with Crippen LogP contribution in [0.1, 0.15) is 32.8 Å². The summed E-state index contributed by atoms with van der Waals surface area (Å²) in [6.45, 7) is 6.67. The Bertz CT molecular complexity index is 507. The minimum atomic E-state index is -0.324. The number of rotatable bonds is 5. The van der Waals surface area contributed by atoms with Crippen LogP contribution in [0.5, 0.6) is 0 Å². The first-order chi connectivity index (χ1) is 10.5. The zero-order valence-corrected chi connectivity index (χ0v) is 14.0. The molecule has 0 bridgehead atoms. The van der Waals surface area contributed by atoms with Crippen molar-refractivity contribution in [1.82, 2.24) is 0 Å². The van der Waals surface area contributed by atoms with Crippen LogP contribution < -0.4 is 0 Å². The average molecular weight is 327 g/mol. The maximum Gasteiger partial charge on any atom is 0.189 e. The second kappa shape index (κ2) is 6.85. The van der Waals surface area contributed by atoms with E-state index in [4.69, 9.17) is 30.5 Å². The van der Waals surface area contributed by atoms with E-state index in [1.54, 1.807) is 0 Å². The summed E-state index contributed by atoms with van der Waals surface area (Å²) >= 11 is 6.20. The minimum Gasteiger partial charge on any atom is -0.368 e. The van der Waals surface area contributed by atoms with E-state index in [2.05, 4.69) is 13.8 Å². The number of ether oxygens (including phenoxy) is 4. The molecule has 2 fully saturated rings. The highest BCUT2D eigenvalue weighted by molar-refractivity contribution is 6.31. The molecule has 1 aromatic rings. The van der Waals surface area contributed by atoms with Gasteiger partial charge in [-0.15, -0.1) is 0 Å². The zero-order chi connectivity index (χ0) is 15.7. The van der Waals surface area contributed by atoms with Gasteiger partial charge in [0.05, 0.1) is 12.7 Å². The largest absolute Gasteiger partial charge is 0.368 e. The van der Waals surface area contributed by atoms with Crippen molar-refractivity contribution >= 4 is 11.6 Å². The van der Waals surface area contributed by atoms with E-state index in [1.807, 2.05) is 31.2 Å². The number of benzene rings is 1. The van der Waals surface area contributed by atoms with Gasteiger partial charge >= 0.3 is 0 Å². The number of halogens is 1. The van der Waals surface area contributed by atoms with Crippen molar-refractivity contribution < 1.29 is 18.9 Å². The van der Waals surface area contributed by atoms with Crippen LogP contribution in [0.4, 0.5) is 0 Å². The molecule has 22 heavy (non-hydrogen) atoms. The molecule has 0 aromatic heterocycles. The number of fused-ring (bicyclic) bond motifs is 1. The lowest BCUT2D eigenvalue weighted by atomic mass is 10.0. The molecule has 1 aromatic carbocycles. The van der Waals surface area contributed by atoms with Gasteiger partial charge in [-0.3, -0.25) is 0 Å². The van der Waals surface area contributed by atoms with Gasteiger partial charge in [0.2, 0.25) is 0 Å². The number of hydrogen-bond acceptors (Lipinski definition) is 4. The summed E-state index contributed by atoms with van der Waals surface area (Å²) in [7, 11) is 0. The van der Waals surface area contributed by atoms with Crippen molar-refractivity contribution in [2.45, 2.75) is 64.7 Å². The van der Waals surface area contributed by atoms with Crippen LogP contribution in [0.15, 0.2) is 24.3 Å². The fourth-order valence-corrected chi connectivity index (χ4v) is 3.24. The van der Waals surface area contributed by atoms with E-state index in [0.717, 1.165) is 17.0 Å². The highest BCUT2D eigenvalue weighted by atomic mass is 35.5. The maximum atomic E-state index is 6.20. The van der Waals surface area contributed by atoms with Gasteiger partial charge in [-0.2, -0.15) is 0 Å². The van der Waals surface area contributed by atoms with Crippen molar-refractivity contribution in [2.75, 3.05) is 0 Å². The molecule has 0 radical (unpaired) electrons. The molecule has 0 aliphatic carbocycles. The van der Waals surface area contributed by atoms with E-state index in [9.17, 15) is 0 Å². The zero-order valence-electron chi connectivity index (χ0n) is 13.2. The Morgan fingerprint density at radius 2 is 1.95 bits per heavy atom. The molecular formula is C17H23ClO4. The van der Waals surface area contributed by atoms with Crippen molar-refractivity contribution in [3.05, 3.63) is 34.9 Å². The smallest absolute Gasteiger partial charge is 0.189 e. The molecule has 2 aliphatic heterocycles. The quantitative estimate of drug-likeness (QED) is 0.825. The molecule has 0 amide bonds. The molecule has 2 heterocycles. The maximum absolute atomic E-state index is 6.20. The average Bonchev–Trinajstić information content (AvgIpc) is 2.94. The van der Waals surface area contributed by atoms with E-state index in [1.165, 1.54) is 0 Å². The molecular weight excluding hydrogens is 304 g/mol. The molecule has 5 heteroatoms. The van der Waals surface area contributed by atoms with Gasteiger partial charge in [-0.05, 0) is 30.9 Å². The molecule has 122 valence electrons. The van der Waals surface area contributed by atoms with Gasteiger partial charge in [-0.25, -0.2) is 0 Å². The molecule has 3 rings (SSSR count). The highest BCUT2D eigenvalue weighted by Crippen LogP contribution is 2.37. The molecule has 2 saturated heterocycles. The van der Waals surface area contributed by atoms with Gasteiger partial charge in [0, 0.05) is 5.02 Å². The van der Waals surface area contributed by atoms with Crippen LogP contribution in [0.25, 0.3) is 0 Å². The third-order valence-corrected chi connectivity index (χ3v) is 4.40. The predicted octanol–water partition coefficient (Wildman–Crippen LogP) is 3.76. The summed E-state index contributed by atoms with van der Waals surface area (Å²) in [6, 6.07) is 7.72. The Morgan fingerprint density at radius 1 is 1.18 bits per heavy atom. The van der Waals surface area contributed by atoms with E-state index in [-0.39, 0.29) is 30.9 Å². The summed E-state index contributed by atoms with van der Waals surface area (Å²) in [5.41, 5.74) is 0.975. The molecule has 0 N–H and O–H groups in total. The molecule has 0 spiro atoms. The van der Waals surface area contributed by atoms with E-state index < -0.39 is 0 Å².